The summed E-state index contributed by atoms with van der Waals surface area (Å²) in [6.07, 6.45) is 1.66. The highest BCUT2D eigenvalue weighted by molar-refractivity contribution is 6.06. The number of anilines is 1. The number of pyridine rings is 1. The first-order chi connectivity index (χ1) is 10.6. The average molecular weight is 300 g/mol. The number of benzene rings is 1. The molecule has 1 N–H and O–H groups in total. The Bertz CT molecular complexity index is 656. The number of carbonyl (C=O) groups excluding carboxylic acids is 1. The van der Waals surface area contributed by atoms with E-state index in [9.17, 15) is 4.79 Å². The summed E-state index contributed by atoms with van der Waals surface area (Å²) in [6.45, 7) is 6.73. The van der Waals surface area contributed by atoms with Crippen molar-refractivity contribution in [2.75, 3.05) is 18.5 Å². The van der Waals surface area contributed by atoms with Crippen LogP contribution >= 0.6 is 0 Å². The van der Waals surface area contributed by atoms with E-state index in [1.807, 2.05) is 32.9 Å². The van der Waals surface area contributed by atoms with Gasteiger partial charge >= 0.3 is 0 Å². The largest absolute Gasteiger partial charge is 0.494 e. The van der Waals surface area contributed by atoms with Crippen LogP contribution in [0.4, 0.5) is 5.82 Å². The summed E-state index contributed by atoms with van der Waals surface area (Å²) in [5.41, 5.74) is 1.45. The molecule has 0 aliphatic carbocycles. The predicted molar refractivity (Wildman–Crippen MR) is 85.7 cm³/mol. The number of carbonyl (C=O) groups is 1. The average Bonchev–Trinajstić information content (AvgIpc) is 2.49. The lowest BCUT2D eigenvalue weighted by atomic mass is 10.1. The molecular formula is C17H20N2O3. The molecular weight excluding hydrogens is 280 g/mol. The number of hydrogen-bond donors (Lipinski definition) is 1. The van der Waals surface area contributed by atoms with Crippen molar-refractivity contribution < 1.29 is 14.3 Å². The SMILES string of the molecule is CCOc1ccc(OCC)c(C(=O)Nc2cc(C)ccn2)c1. The van der Waals surface area contributed by atoms with Gasteiger partial charge in [-0.15, -0.1) is 0 Å². The van der Waals surface area contributed by atoms with Gasteiger partial charge in [0.2, 0.25) is 0 Å². The van der Waals surface area contributed by atoms with Gasteiger partial charge < -0.3 is 14.8 Å². The standard InChI is InChI=1S/C17H20N2O3/c1-4-21-13-6-7-15(22-5-2)14(11-13)17(20)19-16-10-12(3)8-9-18-16/h6-11H,4-5H2,1-3H3,(H,18,19,20). The third-order valence-corrected chi connectivity index (χ3v) is 2.96. The van der Waals surface area contributed by atoms with Crippen molar-refractivity contribution in [3.05, 3.63) is 47.7 Å². The van der Waals surface area contributed by atoms with E-state index >= 15 is 0 Å². The van der Waals surface area contributed by atoms with Gasteiger partial charge in [0.05, 0.1) is 18.8 Å². The number of aromatic nitrogens is 1. The Labute approximate surface area is 130 Å². The summed E-state index contributed by atoms with van der Waals surface area (Å²) < 4.78 is 11.0. The fourth-order valence-electron chi connectivity index (χ4n) is 2.01. The normalized spacial score (nSPS) is 10.1. The van der Waals surface area contributed by atoms with Crippen molar-refractivity contribution in [1.82, 2.24) is 4.98 Å². The van der Waals surface area contributed by atoms with Crippen LogP contribution in [0.15, 0.2) is 36.5 Å². The molecule has 5 heteroatoms. The molecule has 116 valence electrons. The summed E-state index contributed by atoms with van der Waals surface area (Å²) in [5, 5.41) is 2.78. The van der Waals surface area contributed by atoms with Gasteiger partial charge in [-0.1, -0.05) is 0 Å². The summed E-state index contributed by atoms with van der Waals surface area (Å²) in [7, 11) is 0. The Hall–Kier alpha value is -2.56. The second-order valence-corrected chi connectivity index (χ2v) is 4.70. The van der Waals surface area contributed by atoms with Gasteiger partial charge in [0.25, 0.3) is 5.91 Å². The van der Waals surface area contributed by atoms with Crippen LogP contribution in [0.5, 0.6) is 11.5 Å². The lowest BCUT2D eigenvalue weighted by Crippen LogP contribution is -2.15. The first kappa shape index (κ1) is 15.8. The maximum Gasteiger partial charge on any atom is 0.260 e. The van der Waals surface area contributed by atoms with E-state index in [0.29, 0.717) is 36.1 Å². The van der Waals surface area contributed by atoms with Gasteiger partial charge in [0.1, 0.15) is 17.3 Å². The lowest BCUT2D eigenvalue weighted by Gasteiger charge is -2.12. The number of nitrogens with one attached hydrogen (secondary N) is 1. The molecule has 1 heterocycles. The van der Waals surface area contributed by atoms with E-state index in [4.69, 9.17) is 9.47 Å². The Balaban J connectivity index is 2.27. The van der Waals surface area contributed by atoms with E-state index in [2.05, 4.69) is 10.3 Å². The smallest absolute Gasteiger partial charge is 0.260 e. The molecule has 5 nitrogen and oxygen atoms in total. The molecule has 22 heavy (non-hydrogen) atoms. The number of amides is 1. The molecule has 0 atom stereocenters. The highest BCUT2D eigenvalue weighted by Gasteiger charge is 2.15. The second kappa shape index (κ2) is 7.45. The van der Waals surface area contributed by atoms with Crippen molar-refractivity contribution in [2.24, 2.45) is 0 Å². The molecule has 0 saturated carbocycles. The minimum Gasteiger partial charge on any atom is -0.494 e. The highest BCUT2D eigenvalue weighted by Crippen LogP contribution is 2.25. The maximum absolute atomic E-state index is 12.5. The van der Waals surface area contributed by atoms with Crippen LogP contribution in [0.1, 0.15) is 29.8 Å². The summed E-state index contributed by atoms with van der Waals surface area (Å²) >= 11 is 0. The van der Waals surface area contributed by atoms with Crippen LogP contribution in [0.25, 0.3) is 0 Å². The Morgan fingerprint density at radius 2 is 1.91 bits per heavy atom. The monoisotopic (exact) mass is 300 g/mol. The third kappa shape index (κ3) is 3.97. The van der Waals surface area contributed by atoms with Gasteiger partial charge in [0.15, 0.2) is 0 Å². The van der Waals surface area contributed by atoms with Gasteiger partial charge in [0, 0.05) is 6.20 Å². The predicted octanol–water partition coefficient (Wildman–Crippen LogP) is 3.44. The molecule has 1 amide bonds. The van der Waals surface area contributed by atoms with E-state index in [1.54, 1.807) is 24.4 Å². The molecule has 0 fully saturated rings. The maximum atomic E-state index is 12.5. The fourth-order valence-corrected chi connectivity index (χ4v) is 2.01. The van der Waals surface area contributed by atoms with Crippen LogP contribution in [0.3, 0.4) is 0 Å². The number of hydrogen-bond acceptors (Lipinski definition) is 4. The van der Waals surface area contributed by atoms with Gasteiger partial charge in [-0.2, -0.15) is 0 Å². The lowest BCUT2D eigenvalue weighted by molar-refractivity contribution is 0.102. The number of nitrogens with zero attached hydrogens (tertiary/aromatic N) is 1. The van der Waals surface area contributed by atoms with Crippen molar-refractivity contribution in [3.63, 3.8) is 0 Å². The molecule has 1 aromatic heterocycles. The van der Waals surface area contributed by atoms with Gasteiger partial charge in [-0.05, 0) is 56.7 Å². The molecule has 1 aromatic carbocycles. The van der Waals surface area contributed by atoms with Crippen LogP contribution in [0, 0.1) is 6.92 Å². The Morgan fingerprint density at radius 1 is 1.14 bits per heavy atom. The van der Waals surface area contributed by atoms with Crippen molar-refractivity contribution >= 4 is 11.7 Å². The fraction of sp³-hybridized carbons (Fsp3) is 0.294. The summed E-state index contributed by atoms with van der Waals surface area (Å²) in [5.74, 6) is 1.39. The van der Waals surface area contributed by atoms with Crippen molar-refractivity contribution in [3.8, 4) is 11.5 Å². The minimum atomic E-state index is -0.275. The van der Waals surface area contributed by atoms with E-state index in [-0.39, 0.29) is 5.91 Å². The third-order valence-electron chi connectivity index (χ3n) is 2.96. The first-order valence-corrected chi connectivity index (χ1v) is 7.27. The van der Waals surface area contributed by atoms with E-state index < -0.39 is 0 Å². The van der Waals surface area contributed by atoms with Crippen LogP contribution in [0.2, 0.25) is 0 Å². The van der Waals surface area contributed by atoms with Crippen LogP contribution in [-0.4, -0.2) is 24.1 Å². The first-order valence-electron chi connectivity index (χ1n) is 7.27. The molecule has 0 saturated heterocycles. The number of ether oxygens (including phenoxy) is 2. The van der Waals surface area contributed by atoms with Crippen LogP contribution in [-0.2, 0) is 0 Å². The molecule has 0 radical (unpaired) electrons. The molecule has 0 aliphatic rings. The van der Waals surface area contributed by atoms with E-state index in [0.717, 1.165) is 5.56 Å². The summed E-state index contributed by atoms with van der Waals surface area (Å²) in [6, 6.07) is 8.89. The molecule has 2 rings (SSSR count). The van der Waals surface area contributed by atoms with Crippen molar-refractivity contribution in [1.29, 1.82) is 0 Å². The molecule has 0 bridgehead atoms. The number of aryl methyl sites for hydroxylation is 1. The van der Waals surface area contributed by atoms with Crippen LogP contribution < -0.4 is 14.8 Å². The van der Waals surface area contributed by atoms with Crippen molar-refractivity contribution in [2.45, 2.75) is 20.8 Å². The molecule has 0 unspecified atom stereocenters. The molecule has 0 spiro atoms. The second-order valence-electron chi connectivity index (χ2n) is 4.70. The molecule has 2 aromatic rings. The number of rotatable bonds is 6. The van der Waals surface area contributed by atoms with Gasteiger partial charge in [-0.3, -0.25) is 4.79 Å². The van der Waals surface area contributed by atoms with Gasteiger partial charge in [-0.25, -0.2) is 4.98 Å². The quantitative estimate of drug-likeness (QED) is 0.887. The highest BCUT2D eigenvalue weighted by atomic mass is 16.5. The minimum absolute atomic E-state index is 0.275. The Morgan fingerprint density at radius 3 is 2.59 bits per heavy atom. The zero-order valence-corrected chi connectivity index (χ0v) is 13.1. The summed E-state index contributed by atoms with van der Waals surface area (Å²) in [4.78, 5) is 16.6. The zero-order valence-electron chi connectivity index (χ0n) is 13.1. The zero-order chi connectivity index (χ0) is 15.9. The van der Waals surface area contributed by atoms with E-state index in [1.165, 1.54) is 0 Å². The molecule has 0 aliphatic heterocycles. The topological polar surface area (TPSA) is 60.5 Å². The Kier molecular flexibility index (Phi) is 5.36.